The van der Waals surface area contributed by atoms with E-state index in [0.29, 0.717) is 5.69 Å². The minimum absolute atomic E-state index is 0.0834. The highest BCUT2D eigenvalue weighted by atomic mass is 32.2. The number of benzene rings is 3. The molecule has 1 atom stereocenters. The summed E-state index contributed by atoms with van der Waals surface area (Å²) in [6.07, 6.45) is 0. The van der Waals surface area contributed by atoms with Crippen LogP contribution in [0.3, 0.4) is 0 Å². The van der Waals surface area contributed by atoms with Crippen molar-refractivity contribution in [3.05, 3.63) is 95.6 Å². The Balaban J connectivity index is 1.74. The number of carbonyl (C=O) groups excluding carboxylic acids is 2. The summed E-state index contributed by atoms with van der Waals surface area (Å²) in [5, 5.41) is 2.92. The molecule has 1 heterocycles. The SMILES string of the molecule is Cc1cccc(N2C(=O)CN(S(=O)(=O)c3ccccc3)CC2(C)C(=O)NCc2ccccc2)c1C. The first-order valence-corrected chi connectivity index (χ1v) is 12.9. The Labute approximate surface area is 206 Å². The van der Waals surface area contributed by atoms with Gasteiger partial charge in [-0.3, -0.25) is 14.5 Å². The van der Waals surface area contributed by atoms with Gasteiger partial charge in [-0.05, 0) is 55.7 Å². The highest BCUT2D eigenvalue weighted by molar-refractivity contribution is 7.89. The minimum Gasteiger partial charge on any atom is -0.350 e. The highest BCUT2D eigenvalue weighted by Crippen LogP contribution is 2.35. The second-order valence-corrected chi connectivity index (χ2v) is 10.9. The van der Waals surface area contributed by atoms with Crippen LogP contribution in [0, 0.1) is 13.8 Å². The molecule has 0 aromatic heterocycles. The van der Waals surface area contributed by atoms with Gasteiger partial charge in [0.15, 0.2) is 0 Å². The first-order valence-electron chi connectivity index (χ1n) is 11.4. The Morgan fingerprint density at radius 3 is 2.23 bits per heavy atom. The molecular weight excluding hydrogens is 462 g/mol. The van der Waals surface area contributed by atoms with E-state index in [0.717, 1.165) is 21.0 Å². The van der Waals surface area contributed by atoms with Crippen molar-refractivity contribution in [2.45, 2.75) is 37.8 Å². The van der Waals surface area contributed by atoms with Crippen LogP contribution in [0.2, 0.25) is 0 Å². The normalized spacial score (nSPS) is 18.9. The topological polar surface area (TPSA) is 86.8 Å². The molecule has 35 heavy (non-hydrogen) atoms. The average molecular weight is 492 g/mol. The zero-order valence-corrected chi connectivity index (χ0v) is 20.9. The standard InChI is InChI=1S/C27H29N3O4S/c1-20-11-10-16-24(21(20)2)30-25(31)18-29(35(33,34)23-14-8-5-9-15-23)19-27(30,3)26(32)28-17-22-12-6-4-7-13-22/h4-16H,17-19H2,1-3H3,(H,28,32). The molecule has 182 valence electrons. The zero-order valence-electron chi connectivity index (χ0n) is 20.1. The first kappa shape index (κ1) is 24.6. The predicted octanol–water partition coefficient (Wildman–Crippen LogP) is 3.42. The summed E-state index contributed by atoms with van der Waals surface area (Å²) in [6.45, 7) is 5.19. The number of piperazine rings is 1. The van der Waals surface area contributed by atoms with Crippen LogP contribution >= 0.6 is 0 Å². The van der Waals surface area contributed by atoms with Gasteiger partial charge in [-0.15, -0.1) is 0 Å². The van der Waals surface area contributed by atoms with E-state index in [1.165, 1.54) is 17.0 Å². The average Bonchev–Trinajstić information content (AvgIpc) is 2.85. The number of carbonyl (C=O) groups is 2. The van der Waals surface area contributed by atoms with E-state index in [1.54, 1.807) is 31.2 Å². The molecule has 3 aromatic rings. The molecule has 4 rings (SSSR count). The van der Waals surface area contributed by atoms with Crippen LogP contribution in [-0.4, -0.2) is 43.2 Å². The molecule has 1 fully saturated rings. The van der Waals surface area contributed by atoms with Gasteiger partial charge in [0, 0.05) is 18.8 Å². The lowest BCUT2D eigenvalue weighted by molar-refractivity contribution is -0.133. The Kier molecular flexibility index (Phi) is 6.78. The molecule has 1 unspecified atom stereocenters. The van der Waals surface area contributed by atoms with Crippen molar-refractivity contribution in [3.8, 4) is 0 Å². The van der Waals surface area contributed by atoms with Crippen molar-refractivity contribution in [2.75, 3.05) is 18.0 Å². The monoisotopic (exact) mass is 491 g/mol. The molecule has 7 nitrogen and oxygen atoms in total. The van der Waals surface area contributed by atoms with Crippen LogP contribution in [-0.2, 0) is 26.2 Å². The third kappa shape index (κ3) is 4.72. The number of rotatable bonds is 6. The maximum absolute atomic E-state index is 13.7. The summed E-state index contributed by atoms with van der Waals surface area (Å²) in [7, 11) is -3.98. The van der Waals surface area contributed by atoms with Crippen LogP contribution in [0.5, 0.6) is 0 Å². The van der Waals surface area contributed by atoms with Crippen molar-refractivity contribution in [2.24, 2.45) is 0 Å². The van der Waals surface area contributed by atoms with Crippen molar-refractivity contribution in [1.29, 1.82) is 0 Å². The third-order valence-corrected chi connectivity index (χ3v) is 8.33. The van der Waals surface area contributed by atoms with Gasteiger partial charge in [-0.2, -0.15) is 4.31 Å². The highest BCUT2D eigenvalue weighted by Gasteiger charge is 2.51. The Bertz CT molecular complexity index is 1340. The number of hydrogen-bond donors (Lipinski definition) is 1. The molecule has 0 radical (unpaired) electrons. The summed E-state index contributed by atoms with van der Waals surface area (Å²) in [5.41, 5.74) is 1.87. The summed E-state index contributed by atoms with van der Waals surface area (Å²) >= 11 is 0. The van der Waals surface area contributed by atoms with Crippen LogP contribution in [0.1, 0.15) is 23.6 Å². The number of hydrogen-bond acceptors (Lipinski definition) is 4. The molecule has 1 saturated heterocycles. The molecule has 1 aliphatic rings. The first-order chi connectivity index (χ1) is 16.6. The second-order valence-electron chi connectivity index (χ2n) is 8.98. The molecule has 3 aromatic carbocycles. The fraction of sp³-hybridized carbons (Fsp3) is 0.259. The van der Waals surface area contributed by atoms with Gasteiger partial charge >= 0.3 is 0 Å². The molecule has 0 saturated carbocycles. The van der Waals surface area contributed by atoms with Crippen molar-refractivity contribution in [1.82, 2.24) is 9.62 Å². The number of nitrogens with one attached hydrogen (secondary N) is 1. The van der Waals surface area contributed by atoms with E-state index in [-0.39, 0.29) is 24.5 Å². The number of sulfonamides is 1. The van der Waals surface area contributed by atoms with Gasteiger partial charge < -0.3 is 5.32 Å². The molecule has 8 heteroatoms. The molecule has 1 N–H and O–H groups in total. The van der Waals surface area contributed by atoms with Gasteiger partial charge in [-0.1, -0.05) is 60.7 Å². The van der Waals surface area contributed by atoms with E-state index in [4.69, 9.17) is 0 Å². The maximum atomic E-state index is 13.7. The summed E-state index contributed by atoms with van der Waals surface area (Å²) in [4.78, 5) is 28.8. The van der Waals surface area contributed by atoms with Crippen molar-refractivity contribution in [3.63, 3.8) is 0 Å². The molecule has 0 bridgehead atoms. The van der Waals surface area contributed by atoms with E-state index in [1.807, 2.05) is 56.3 Å². The van der Waals surface area contributed by atoms with Gasteiger partial charge in [0.25, 0.3) is 0 Å². The Morgan fingerprint density at radius 2 is 1.57 bits per heavy atom. The lowest BCUT2D eigenvalue weighted by Crippen LogP contribution is -2.70. The number of nitrogens with zero attached hydrogens (tertiary/aromatic N) is 2. The molecule has 1 aliphatic heterocycles. The Hall–Kier alpha value is -3.49. The predicted molar refractivity (Wildman–Crippen MR) is 135 cm³/mol. The van der Waals surface area contributed by atoms with Gasteiger partial charge in [-0.25, -0.2) is 8.42 Å². The lowest BCUT2D eigenvalue weighted by atomic mass is 9.93. The Morgan fingerprint density at radius 1 is 0.943 bits per heavy atom. The molecule has 2 amide bonds. The van der Waals surface area contributed by atoms with Crippen LogP contribution in [0.4, 0.5) is 5.69 Å². The fourth-order valence-corrected chi connectivity index (χ4v) is 5.90. The lowest BCUT2D eigenvalue weighted by Gasteiger charge is -2.47. The number of aryl methyl sites for hydroxylation is 1. The van der Waals surface area contributed by atoms with E-state index < -0.39 is 27.4 Å². The fourth-order valence-electron chi connectivity index (χ4n) is 4.40. The smallest absolute Gasteiger partial charge is 0.247 e. The largest absolute Gasteiger partial charge is 0.350 e. The van der Waals surface area contributed by atoms with E-state index in [2.05, 4.69) is 5.32 Å². The summed E-state index contributed by atoms with van der Waals surface area (Å²) in [5.74, 6) is -0.884. The van der Waals surface area contributed by atoms with Crippen LogP contribution < -0.4 is 10.2 Å². The zero-order chi connectivity index (χ0) is 25.2. The summed E-state index contributed by atoms with van der Waals surface area (Å²) < 4.78 is 27.9. The van der Waals surface area contributed by atoms with E-state index in [9.17, 15) is 18.0 Å². The minimum atomic E-state index is -3.98. The third-order valence-electron chi connectivity index (χ3n) is 6.52. The van der Waals surface area contributed by atoms with Gasteiger partial charge in [0.2, 0.25) is 21.8 Å². The number of anilines is 1. The van der Waals surface area contributed by atoms with E-state index >= 15 is 0 Å². The quantitative estimate of drug-likeness (QED) is 0.573. The van der Waals surface area contributed by atoms with Gasteiger partial charge in [0.1, 0.15) is 5.54 Å². The maximum Gasteiger partial charge on any atom is 0.247 e. The second kappa shape index (κ2) is 9.64. The molecule has 0 aliphatic carbocycles. The molecule has 0 spiro atoms. The summed E-state index contributed by atoms with van der Waals surface area (Å²) in [6, 6.07) is 23.0. The van der Waals surface area contributed by atoms with Crippen LogP contribution in [0.25, 0.3) is 0 Å². The number of amides is 2. The van der Waals surface area contributed by atoms with Gasteiger partial charge in [0.05, 0.1) is 11.4 Å². The van der Waals surface area contributed by atoms with Crippen LogP contribution in [0.15, 0.2) is 83.8 Å². The molecular formula is C27H29N3O4S. The van der Waals surface area contributed by atoms with Crippen molar-refractivity contribution < 1.29 is 18.0 Å². The van der Waals surface area contributed by atoms with Crippen molar-refractivity contribution >= 4 is 27.5 Å².